The fraction of sp³-hybridized carbons (Fsp3) is 0.333. The van der Waals surface area contributed by atoms with E-state index in [1.807, 2.05) is 13.8 Å². The third-order valence-electron chi connectivity index (χ3n) is 1.88. The Bertz CT molecular complexity index is 389. The van der Waals surface area contributed by atoms with Crippen LogP contribution in [0.1, 0.15) is 26.8 Å². The summed E-state index contributed by atoms with van der Waals surface area (Å²) in [5.74, 6) is 0.398. The Morgan fingerprint density at radius 2 is 1.64 bits per heavy atom. The minimum absolute atomic E-state index is 0. The number of primary sulfonamides is 1. The van der Waals surface area contributed by atoms with E-state index in [9.17, 15) is 8.42 Å². The first-order chi connectivity index (χ1) is 5.91. The zero-order chi connectivity index (χ0) is 10.1. The van der Waals surface area contributed by atoms with E-state index in [2.05, 4.69) is 0 Å². The summed E-state index contributed by atoms with van der Waals surface area (Å²) >= 11 is 0. The molecule has 0 saturated heterocycles. The number of nitrogens with two attached hydrogens (primary N) is 1. The van der Waals surface area contributed by atoms with Gasteiger partial charge in [-0.15, -0.1) is 0 Å². The molecule has 0 aliphatic rings. The Morgan fingerprint density at radius 3 is 1.93 bits per heavy atom. The molecule has 0 aromatic heterocycles. The fourth-order valence-electron chi connectivity index (χ4n) is 1.04. The van der Waals surface area contributed by atoms with Crippen molar-refractivity contribution in [3.8, 4) is 0 Å². The fourth-order valence-corrected chi connectivity index (χ4v) is 1.56. The van der Waals surface area contributed by atoms with E-state index in [1.54, 1.807) is 12.1 Å². The first-order valence-corrected chi connectivity index (χ1v) is 5.58. The number of benzene rings is 1. The molecule has 1 aromatic carbocycles. The van der Waals surface area contributed by atoms with Crippen LogP contribution >= 0.6 is 0 Å². The molecule has 2 N–H and O–H groups in total. The van der Waals surface area contributed by atoms with Crippen molar-refractivity contribution in [2.24, 2.45) is 5.14 Å². The zero-order valence-corrected chi connectivity index (χ0v) is 12.6. The van der Waals surface area contributed by atoms with Crippen molar-refractivity contribution < 1.29 is 61.2 Å². The molecule has 0 aliphatic heterocycles. The molecule has 0 atom stereocenters. The minimum Gasteiger partial charge on any atom is -1.00 e. The molecular formula is C9H14KNO2S. The summed E-state index contributed by atoms with van der Waals surface area (Å²) in [7, 11) is -3.55. The van der Waals surface area contributed by atoms with Crippen LogP contribution in [-0.2, 0) is 10.0 Å². The van der Waals surface area contributed by atoms with Crippen LogP contribution in [-0.4, -0.2) is 8.42 Å². The van der Waals surface area contributed by atoms with Crippen molar-refractivity contribution in [1.29, 1.82) is 0 Å². The molecule has 5 heteroatoms. The predicted molar refractivity (Wildman–Crippen MR) is 53.0 cm³/mol. The van der Waals surface area contributed by atoms with E-state index in [0.29, 0.717) is 5.92 Å². The predicted octanol–water partition coefficient (Wildman–Crippen LogP) is -1.43. The van der Waals surface area contributed by atoms with Crippen LogP contribution in [0.3, 0.4) is 0 Å². The van der Waals surface area contributed by atoms with Gasteiger partial charge in [0.2, 0.25) is 10.0 Å². The average molecular weight is 239 g/mol. The maximum Gasteiger partial charge on any atom is 1.00 e. The normalized spacial score (nSPS) is 11.1. The van der Waals surface area contributed by atoms with E-state index in [-0.39, 0.29) is 57.7 Å². The standard InChI is InChI=1S/C9H13NO2S.K.H/c1-7(2)8-3-5-9(6-4-8)13(10,11)12;;/h3-7H,1-2H3,(H2,10,11,12);;/q;+1;-1. The third-order valence-corrected chi connectivity index (χ3v) is 2.80. The van der Waals surface area contributed by atoms with Crippen LogP contribution in [0.2, 0.25) is 0 Å². The summed E-state index contributed by atoms with van der Waals surface area (Å²) in [6.45, 7) is 4.10. The topological polar surface area (TPSA) is 60.2 Å². The van der Waals surface area contributed by atoms with Gasteiger partial charge in [-0.3, -0.25) is 0 Å². The summed E-state index contributed by atoms with van der Waals surface area (Å²) in [5, 5.41) is 4.96. The monoisotopic (exact) mass is 239 g/mol. The van der Waals surface area contributed by atoms with Crippen LogP contribution in [0, 0.1) is 0 Å². The molecule has 0 saturated carbocycles. The van der Waals surface area contributed by atoms with Gasteiger partial charge in [-0.2, -0.15) is 0 Å². The van der Waals surface area contributed by atoms with Gasteiger partial charge >= 0.3 is 51.4 Å². The number of hydrogen-bond donors (Lipinski definition) is 1. The molecule has 14 heavy (non-hydrogen) atoms. The van der Waals surface area contributed by atoms with Crippen LogP contribution < -0.4 is 56.5 Å². The quantitative estimate of drug-likeness (QED) is 0.644. The van der Waals surface area contributed by atoms with E-state index in [0.717, 1.165) is 5.56 Å². The van der Waals surface area contributed by atoms with Crippen molar-refractivity contribution in [3.05, 3.63) is 29.8 Å². The van der Waals surface area contributed by atoms with Crippen molar-refractivity contribution in [2.75, 3.05) is 0 Å². The van der Waals surface area contributed by atoms with Crippen LogP contribution in [0.4, 0.5) is 0 Å². The number of sulfonamides is 1. The molecule has 0 unspecified atom stereocenters. The molecule has 0 radical (unpaired) electrons. The van der Waals surface area contributed by atoms with E-state index >= 15 is 0 Å². The Labute approximate surface area is 129 Å². The number of hydrogen-bond acceptors (Lipinski definition) is 2. The maximum atomic E-state index is 10.9. The third kappa shape index (κ3) is 4.10. The Kier molecular flexibility index (Phi) is 6.06. The molecule has 0 bridgehead atoms. The molecule has 0 fully saturated rings. The van der Waals surface area contributed by atoms with Crippen molar-refractivity contribution in [1.82, 2.24) is 0 Å². The van der Waals surface area contributed by atoms with Crippen LogP contribution in [0.5, 0.6) is 0 Å². The SMILES string of the molecule is CC(C)c1ccc(S(N)(=O)=O)cc1.[H-].[K+]. The van der Waals surface area contributed by atoms with Gasteiger partial charge in [-0.1, -0.05) is 26.0 Å². The zero-order valence-electron chi connectivity index (χ0n) is 9.69. The first kappa shape index (κ1) is 14.8. The largest absolute Gasteiger partial charge is 1.00 e. The first-order valence-electron chi connectivity index (χ1n) is 4.04. The molecule has 1 aromatic rings. The van der Waals surface area contributed by atoms with E-state index < -0.39 is 10.0 Å². The summed E-state index contributed by atoms with van der Waals surface area (Å²) in [6.07, 6.45) is 0. The Morgan fingerprint density at radius 1 is 1.21 bits per heavy atom. The van der Waals surface area contributed by atoms with E-state index in [4.69, 9.17) is 5.14 Å². The minimum atomic E-state index is -3.55. The molecule has 74 valence electrons. The summed E-state index contributed by atoms with van der Waals surface area (Å²) in [5.41, 5.74) is 1.10. The van der Waals surface area contributed by atoms with Gasteiger partial charge in [-0.25, -0.2) is 13.6 Å². The second-order valence-electron chi connectivity index (χ2n) is 3.27. The van der Waals surface area contributed by atoms with Gasteiger partial charge < -0.3 is 1.43 Å². The van der Waals surface area contributed by atoms with Crippen molar-refractivity contribution in [3.63, 3.8) is 0 Å². The van der Waals surface area contributed by atoms with Crippen LogP contribution in [0.25, 0.3) is 0 Å². The molecule has 3 nitrogen and oxygen atoms in total. The smallest absolute Gasteiger partial charge is 1.00 e. The van der Waals surface area contributed by atoms with Gasteiger partial charge in [0.15, 0.2) is 0 Å². The van der Waals surface area contributed by atoms with E-state index in [1.165, 1.54) is 12.1 Å². The van der Waals surface area contributed by atoms with Gasteiger partial charge in [0.05, 0.1) is 4.90 Å². The van der Waals surface area contributed by atoms with Gasteiger partial charge in [0.25, 0.3) is 0 Å². The average Bonchev–Trinajstić information content (AvgIpc) is 2.03. The van der Waals surface area contributed by atoms with Gasteiger partial charge in [0, 0.05) is 0 Å². The van der Waals surface area contributed by atoms with Crippen molar-refractivity contribution in [2.45, 2.75) is 24.7 Å². The molecular weight excluding hydrogens is 225 g/mol. The molecule has 0 aliphatic carbocycles. The molecule has 0 heterocycles. The Balaban J connectivity index is 0. The van der Waals surface area contributed by atoms with Crippen molar-refractivity contribution >= 4 is 10.0 Å². The maximum absolute atomic E-state index is 10.9. The summed E-state index contributed by atoms with van der Waals surface area (Å²) in [6, 6.07) is 6.63. The Hall–Kier alpha value is 0.766. The molecule has 0 spiro atoms. The number of rotatable bonds is 2. The van der Waals surface area contributed by atoms with Crippen LogP contribution in [0.15, 0.2) is 29.2 Å². The summed E-state index contributed by atoms with van der Waals surface area (Å²) < 4.78 is 21.8. The van der Waals surface area contributed by atoms with Gasteiger partial charge in [0.1, 0.15) is 0 Å². The second kappa shape index (κ2) is 5.74. The molecule has 1 rings (SSSR count). The second-order valence-corrected chi connectivity index (χ2v) is 4.83. The molecule has 0 amide bonds. The summed E-state index contributed by atoms with van der Waals surface area (Å²) in [4.78, 5) is 0.164. The van der Waals surface area contributed by atoms with Gasteiger partial charge in [-0.05, 0) is 23.6 Å².